The number of allylic oxidation sites excluding steroid dienone is 1. The number of hydrogen-bond acceptors (Lipinski definition) is 11. The number of methoxy groups -OCH3 is 1. The number of piperazine rings is 1. The molecule has 2 aromatic heterocycles. The molecule has 1 amide bonds. The third kappa shape index (κ3) is 10.6. The van der Waals surface area contributed by atoms with E-state index in [9.17, 15) is 18.3 Å². The topological polar surface area (TPSA) is 159 Å². The Labute approximate surface area is 378 Å². The molecule has 1 unspecified atom stereocenters. The standard InChI is InChI=1S/C47H54Cl2N6O7S/c1-46(30-60-3)16-15-37(32-7-9-34(48)10-8-32)33(25-46)28-54-19-21-55(22-20-54)35-11-12-38(43(23-35)62-42-6-4-5-41-39(42)27-51-52-41)44(56)53-63(58,59)36-24-40(49)45(50-26-36)61-29-31-13-17-47(2,57)18-14-31/h4-12,23-24,26-27,31,57H,13-22,25,28-30H2,1-3H3,(H,51,52)(H,53,56). The molecule has 5 aromatic rings. The molecule has 1 saturated carbocycles. The second-order valence-electron chi connectivity index (χ2n) is 17.8. The summed E-state index contributed by atoms with van der Waals surface area (Å²) in [4.78, 5) is 22.6. The van der Waals surface area contributed by atoms with Gasteiger partial charge in [-0.3, -0.25) is 14.8 Å². The van der Waals surface area contributed by atoms with Crippen LogP contribution in [0.3, 0.4) is 0 Å². The van der Waals surface area contributed by atoms with Gasteiger partial charge in [0.05, 0.1) is 47.7 Å². The smallest absolute Gasteiger partial charge is 0.268 e. The number of carbonyl (C=O) groups is 1. The predicted molar refractivity (Wildman–Crippen MR) is 245 cm³/mol. The number of sulfonamides is 1. The average Bonchev–Trinajstić information content (AvgIpc) is 3.75. The summed E-state index contributed by atoms with van der Waals surface area (Å²) in [6, 6.07) is 20.0. The predicted octanol–water partition coefficient (Wildman–Crippen LogP) is 8.91. The van der Waals surface area contributed by atoms with Crippen LogP contribution in [0, 0.1) is 11.3 Å². The van der Waals surface area contributed by atoms with Gasteiger partial charge in [-0.25, -0.2) is 18.1 Å². The summed E-state index contributed by atoms with van der Waals surface area (Å²) in [7, 11) is -2.65. The summed E-state index contributed by atoms with van der Waals surface area (Å²) < 4.78 is 47.5. The maximum absolute atomic E-state index is 14.0. The quantitative estimate of drug-likeness (QED) is 0.0977. The number of pyridine rings is 1. The Morgan fingerprint density at radius 3 is 2.46 bits per heavy atom. The molecule has 1 aliphatic heterocycles. The maximum Gasteiger partial charge on any atom is 0.268 e. The van der Waals surface area contributed by atoms with Gasteiger partial charge in [-0.05, 0) is 117 Å². The van der Waals surface area contributed by atoms with Crippen LogP contribution in [0.4, 0.5) is 5.69 Å². The van der Waals surface area contributed by atoms with Gasteiger partial charge in [-0.2, -0.15) is 5.10 Å². The van der Waals surface area contributed by atoms with E-state index in [2.05, 4.69) is 48.8 Å². The van der Waals surface area contributed by atoms with E-state index in [1.165, 1.54) is 22.8 Å². The van der Waals surface area contributed by atoms with Gasteiger partial charge in [0.2, 0.25) is 5.88 Å². The number of fused-ring (bicyclic) bond motifs is 1. The molecule has 3 aliphatic rings. The Hall–Kier alpha value is -4.70. The number of halogens is 2. The van der Waals surface area contributed by atoms with Crippen LogP contribution < -0.4 is 19.1 Å². The number of aliphatic hydroxyl groups is 1. The summed E-state index contributed by atoms with van der Waals surface area (Å²) >= 11 is 12.7. The van der Waals surface area contributed by atoms with E-state index in [4.69, 9.17) is 37.4 Å². The van der Waals surface area contributed by atoms with Crippen molar-refractivity contribution >= 4 is 61.3 Å². The minimum atomic E-state index is -4.43. The summed E-state index contributed by atoms with van der Waals surface area (Å²) in [5, 5.41) is 18.8. The number of hydrogen-bond donors (Lipinski definition) is 3. The van der Waals surface area contributed by atoms with Crippen molar-refractivity contribution in [2.45, 2.75) is 69.3 Å². The lowest BCUT2D eigenvalue weighted by molar-refractivity contribution is 0.00127. The molecule has 63 heavy (non-hydrogen) atoms. The number of rotatable bonds is 14. The van der Waals surface area contributed by atoms with E-state index >= 15 is 0 Å². The second-order valence-corrected chi connectivity index (χ2v) is 20.3. The van der Waals surface area contributed by atoms with Crippen molar-refractivity contribution in [1.29, 1.82) is 0 Å². The van der Waals surface area contributed by atoms with E-state index in [-0.39, 0.29) is 38.4 Å². The first-order chi connectivity index (χ1) is 30.2. The van der Waals surface area contributed by atoms with Crippen molar-refractivity contribution < 1.29 is 32.5 Å². The van der Waals surface area contributed by atoms with E-state index < -0.39 is 21.5 Å². The van der Waals surface area contributed by atoms with Crippen molar-refractivity contribution in [3.8, 4) is 17.4 Å². The van der Waals surface area contributed by atoms with E-state index in [0.29, 0.717) is 37.2 Å². The fourth-order valence-corrected chi connectivity index (χ4v) is 10.4. The molecule has 8 rings (SSSR count). The molecule has 2 aliphatic carbocycles. The Morgan fingerprint density at radius 1 is 0.968 bits per heavy atom. The van der Waals surface area contributed by atoms with Crippen LogP contribution in [0.1, 0.15) is 74.7 Å². The largest absolute Gasteiger partial charge is 0.476 e. The van der Waals surface area contributed by atoms with E-state index in [0.717, 1.165) is 87.3 Å². The van der Waals surface area contributed by atoms with E-state index in [1.54, 1.807) is 31.5 Å². The molecular formula is C47H54Cl2N6O7S. The number of aromatic nitrogens is 3. The molecule has 0 spiro atoms. The third-order valence-corrected chi connectivity index (χ3v) is 14.5. The van der Waals surface area contributed by atoms with Gasteiger partial charge in [0.15, 0.2) is 0 Å². The van der Waals surface area contributed by atoms with Crippen LogP contribution in [0.15, 0.2) is 89.6 Å². The molecule has 1 saturated heterocycles. The van der Waals surface area contributed by atoms with Crippen molar-refractivity contribution in [2.24, 2.45) is 11.3 Å². The molecule has 1 atom stereocenters. The molecule has 3 N–H and O–H groups in total. The normalized spacial score (nSPS) is 22.3. The number of nitrogens with zero attached hydrogens (tertiary/aromatic N) is 4. The fraction of sp³-hybridized carbons (Fsp3) is 0.426. The number of benzene rings is 3. The zero-order chi connectivity index (χ0) is 44.4. The lowest BCUT2D eigenvalue weighted by Crippen LogP contribution is -2.47. The minimum Gasteiger partial charge on any atom is -0.476 e. The zero-order valence-electron chi connectivity index (χ0n) is 35.8. The highest BCUT2D eigenvalue weighted by molar-refractivity contribution is 7.90. The van der Waals surface area contributed by atoms with Gasteiger partial charge < -0.3 is 24.2 Å². The maximum atomic E-state index is 14.0. The van der Waals surface area contributed by atoms with Crippen LogP contribution in [0.25, 0.3) is 16.5 Å². The average molecular weight is 918 g/mol. The summed E-state index contributed by atoms with van der Waals surface area (Å²) in [5.41, 5.74) is 5.03. The SMILES string of the molecule is COCC1(C)CCC(c2ccc(Cl)cc2)=C(CN2CCN(c3ccc(C(=O)NS(=O)(=O)c4cnc(OCC5CCC(C)(O)CC5)c(Cl)c4)c(Oc4cccc5[nH]ncc45)c3)CC2)C1. The monoisotopic (exact) mass is 916 g/mol. The first-order valence-corrected chi connectivity index (χ1v) is 23.7. The van der Waals surface area contributed by atoms with E-state index in [1.807, 2.05) is 37.3 Å². The highest BCUT2D eigenvalue weighted by atomic mass is 35.5. The lowest BCUT2D eigenvalue weighted by Gasteiger charge is -2.40. The van der Waals surface area contributed by atoms with Crippen LogP contribution >= 0.6 is 23.2 Å². The van der Waals surface area contributed by atoms with Gasteiger partial charge >= 0.3 is 0 Å². The van der Waals surface area contributed by atoms with Crippen molar-refractivity contribution in [3.05, 3.63) is 106 Å². The molecule has 3 aromatic carbocycles. The van der Waals surface area contributed by atoms with Crippen molar-refractivity contribution in [3.63, 3.8) is 0 Å². The Kier molecular flexibility index (Phi) is 13.4. The van der Waals surface area contributed by atoms with Crippen LogP contribution in [0.2, 0.25) is 10.0 Å². The number of carbonyl (C=O) groups excluding carboxylic acids is 1. The first-order valence-electron chi connectivity index (χ1n) is 21.4. The lowest BCUT2D eigenvalue weighted by atomic mass is 9.72. The first kappa shape index (κ1) is 44.9. The summed E-state index contributed by atoms with van der Waals surface area (Å²) in [6.07, 6.45) is 8.68. The number of aromatic amines is 1. The molecule has 334 valence electrons. The minimum absolute atomic E-state index is 0.00293. The summed E-state index contributed by atoms with van der Waals surface area (Å²) in [6.45, 7) is 9.13. The highest BCUT2D eigenvalue weighted by Crippen LogP contribution is 2.44. The van der Waals surface area contributed by atoms with Gasteiger partial charge in [-0.1, -0.05) is 53.9 Å². The highest BCUT2D eigenvalue weighted by Gasteiger charge is 2.34. The van der Waals surface area contributed by atoms with Gasteiger partial charge in [0.25, 0.3) is 15.9 Å². The Bertz CT molecular complexity index is 2580. The molecule has 0 radical (unpaired) electrons. The van der Waals surface area contributed by atoms with Crippen molar-refractivity contribution in [2.75, 3.05) is 57.9 Å². The van der Waals surface area contributed by atoms with Gasteiger partial charge in [-0.15, -0.1) is 0 Å². The number of H-pyrrole nitrogens is 1. The molecular weight excluding hydrogens is 864 g/mol. The summed E-state index contributed by atoms with van der Waals surface area (Å²) in [5.74, 6) is 0.0545. The molecule has 16 heteroatoms. The van der Waals surface area contributed by atoms with Crippen LogP contribution in [-0.4, -0.2) is 98.2 Å². The number of anilines is 1. The number of ether oxygens (including phenoxy) is 3. The zero-order valence-corrected chi connectivity index (χ0v) is 38.2. The van der Waals surface area contributed by atoms with Crippen LogP contribution in [-0.2, 0) is 14.8 Å². The number of nitrogens with one attached hydrogen (secondary N) is 2. The number of amides is 1. The van der Waals surface area contributed by atoms with Gasteiger partial charge in [0.1, 0.15) is 21.4 Å². The Morgan fingerprint density at radius 2 is 1.73 bits per heavy atom. The van der Waals surface area contributed by atoms with Gasteiger partial charge in [0, 0.05) is 56.6 Å². The molecule has 3 heterocycles. The van der Waals surface area contributed by atoms with Crippen molar-refractivity contribution in [1.82, 2.24) is 24.8 Å². The molecule has 13 nitrogen and oxygen atoms in total. The van der Waals surface area contributed by atoms with Crippen LogP contribution in [0.5, 0.6) is 17.4 Å². The Balaban J connectivity index is 0.985. The second kappa shape index (κ2) is 18.8. The molecule has 2 fully saturated rings. The molecule has 0 bridgehead atoms. The third-order valence-electron chi connectivity index (χ3n) is 12.7. The fourth-order valence-electron chi connectivity index (χ4n) is 9.06.